The summed E-state index contributed by atoms with van der Waals surface area (Å²) in [6.07, 6.45) is 2.37. The SMILES string of the molecule is O=C(COc1ccc2c(c1)CCCC2=O)c1ccc(Cl)s1. The second-order valence-corrected chi connectivity index (χ2v) is 6.63. The fourth-order valence-corrected chi connectivity index (χ4v) is 3.36. The summed E-state index contributed by atoms with van der Waals surface area (Å²) in [4.78, 5) is 24.3. The first-order chi connectivity index (χ1) is 10.1. The van der Waals surface area contributed by atoms with Gasteiger partial charge < -0.3 is 4.74 Å². The fraction of sp³-hybridized carbons (Fsp3) is 0.250. The number of hydrogen-bond acceptors (Lipinski definition) is 4. The molecule has 2 aromatic rings. The Morgan fingerprint density at radius 3 is 2.86 bits per heavy atom. The third kappa shape index (κ3) is 3.17. The third-order valence-corrected chi connectivity index (χ3v) is 4.72. The van der Waals surface area contributed by atoms with Crippen molar-refractivity contribution in [1.29, 1.82) is 0 Å². The molecule has 0 unspecified atom stereocenters. The number of rotatable bonds is 4. The highest BCUT2D eigenvalue weighted by molar-refractivity contribution is 7.18. The van der Waals surface area contributed by atoms with Crippen molar-refractivity contribution in [1.82, 2.24) is 0 Å². The van der Waals surface area contributed by atoms with Crippen LogP contribution in [0.2, 0.25) is 4.34 Å². The van der Waals surface area contributed by atoms with E-state index in [0.717, 1.165) is 24.0 Å². The molecule has 1 aliphatic carbocycles. The number of halogens is 1. The van der Waals surface area contributed by atoms with Gasteiger partial charge >= 0.3 is 0 Å². The molecule has 108 valence electrons. The number of aryl methyl sites for hydroxylation is 1. The van der Waals surface area contributed by atoms with Crippen LogP contribution in [0.5, 0.6) is 5.75 Å². The number of hydrogen-bond donors (Lipinski definition) is 0. The summed E-state index contributed by atoms with van der Waals surface area (Å²) < 4.78 is 6.12. The Kier molecular flexibility index (Phi) is 4.08. The Labute approximate surface area is 131 Å². The Morgan fingerprint density at radius 2 is 2.10 bits per heavy atom. The molecule has 0 saturated heterocycles. The summed E-state index contributed by atoms with van der Waals surface area (Å²) in [7, 11) is 0. The van der Waals surface area contributed by atoms with Crippen molar-refractivity contribution in [3.05, 3.63) is 50.7 Å². The number of carbonyl (C=O) groups is 2. The molecule has 0 radical (unpaired) electrons. The first-order valence-corrected chi connectivity index (χ1v) is 7.90. The van der Waals surface area contributed by atoms with Crippen molar-refractivity contribution in [3.8, 4) is 5.75 Å². The Hall–Kier alpha value is -1.65. The first kappa shape index (κ1) is 14.3. The van der Waals surface area contributed by atoms with Gasteiger partial charge in [0.2, 0.25) is 5.78 Å². The lowest BCUT2D eigenvalue weighted by Crippen LogP contribution is -2.13. The van der Waals surface area contributed by atoms with E-state index < -0.39 is 0 Å². The van der Waals surface area contributed by atoms with Gasteiger partial charge in [-0.1, -0.05) is 11.6 Å². The number of benzene rings is 1. The van der Waals surface area contributed by atoms with E-state index in [1.54, 1.807) is 24.3 Å². The molecule has 0 aliphatic heterocycles. The van der Waals surface area contributed by atoms with Crippen molar-refractivity contribution in [3.63, 3.8) is 0 Å². The Bertz CT molecular complexity index is 705. The normalized spacial score (nSPS) is 13.9. The molecule has 21 heavy (non-hydrogen) atoms. The van der Waals surface area contributed by atoms with Crippen molar-refractivity contribution in [2.45, 2.75) is 19.3 Å². The zero-order valence-corrected chi connectivity index (χ0v) is 12.8. The summed E-state index contributed by atoms with van der Waals surface area (Å²) >= 11 is 7.05. The minimum Gasteiger partial charge on any atom is -0.485 e. The predicted octanol–water partition coefficient (Wildman–Crippen LogP) is 4.18. The number of fused-ring (bicyclic) bond motifs is 1. The van der Waals surface area contributed by atoms with Crippen LogP contribution >= 0.6 is 22.9 Å². The van der Waals surface area contributed by atoms with Crippen molar-refractivity contribution in [2.24, 2.45) is 0 Å². The van der Waals surface area contributed by atoms with Gasteiger partial charge in [0.05, 0.1) is 9.21 Å². The molecule has 5 heteroatoms. The maximum Gasteiger partial charge on any atom is 0.210 e. The Morgan fingerprint density at radius 1 is 1.24 bits per heavy atom. The highest BCUT2D eigenvalue weighted by atomic mass is 35.5. The van der Waals surface area contributed by atoms with Crippen LogP contribution in [0.3, 0.4) is 0 Å². The molecule has 0 fully saturated rings. The van der Waals surface area contributed by atoms with Gasteiger partial charge in [0.15, 0.2) is 12.4 Å². The van der Waals surface area contributed by atoms with Crippen LogP contribution in [0.25, 0.3) is 0 Å². The maximum atomic E-state index is 11.9. The quantitative estimate of drug-likeness (QED) is 0.794. The standard InChI is InChI=1S/C16H13ClO3S/c17-16-7-6-15(21-16)14(19)9-20-11-4-5-12-10(8-11)2-1-3-13(12)18/h4-8H,1-3,9H2. The van der Waals surface area contributed by atoms with Crippen LogP contribution < -0.4 is 4.74 Å². The molecule has 0 N–H and O–H groups in total. The zero-order chi connectivity index (χ0) is 14.8. The zero-order valence-electron chi connectivity index (χ0n) is 11.2. The van der Waals surface area contributed by atoms with Gasteiger partial charge in [-0.3, -0.25) is 9.59 Å². The van der Waals surface area contributed by atoms with Crippen LogP contribution in [0.4, 0.5) is 0 Å². The van der Waals surface area contributed by atoms with Gasteiger partial charge in [0.25, 0.3) is 0 Å². The highest BCUT2D eigenvalue weighted by Crippen LogP contribution is 2.26. The van der Waals surface area contributed by atoms with Crippen LogP contribution in [0.15, 0.2) is 30.3 Å². The van der Waals surface area contributed by atoms with Crippen LogP contribution in [-0.4, -0.2) is 18.2 Å². The lowest BCUT2D eigenvalue weighted by molar-refractivity contribution is 0.0923. The smallest absolute Gasteiger partial charge is 0.210 e. The highest BCUT2D eigenvalue weighted by Gasteiger charge is 2.17. The van der Waals surface area contributed by atoms with Gasteiger partial charge in [-0.2, -0.15) is 0 Å². The number of carbonyl (C=O) groups excluding carboxylic acids is 2. The molecule has 1 aromatic heterocycles. The van der Waals surface area contributed by atoms with Crippen molar-refractivity contribution >= 4 is 34.5 Å². The first-order valence-electron chi connectivity index (χ1n) is 6.71. The van der Waals surface area contributed by atoms with E-state index >= 15 is 0 Å². The van der Waals surface area contributed by atoms with Crippen LogP contribution in [0.1, 0.15) is 38.4 Å². The summed E-state index contributed by atoms with van der Waals surface area (Å²) in [5, 5.41) is 0. The molecule has 1 heterocycles. The molecule has 3 rings (SSSR count). The minimum atomic E-state index is -0.0966. The van der Waals surface area contributed by atoms with E-state index in [2.05, 4.69) is 0 Å². The van der Waals surface area contributed by atoms with Gasteiger partial charge in [0.1, 0.15) is 5.75 Å². The lowest BCUT2D eigenvalue weighted by Gasteiger charge is -2.15. The third-order valence-electron chi connectivity index (χ3n) is 3.45. The maximum absolute atomic E-state index is 11.9. The summed E-state index contributed by atoms with van der Waals surface area (Å²) in [6, 6.07) is 8.80. The van der Waals surface area contributed by atoms with E-state index in [1.807, 2.05) is 6.07 Å². The van der Waals surface area contributed by atoms with Gasteiger partial charge in [-0.15, -0.1) is 11.3 Å². The fourth-order valence-electron chi connectivity index (χ4n) is 2.40. The minimum absolute atomic E-state index is 0.0242. The predicted molar refractivity (Wildman–Crippen MR) is 82.9 cm³/mol. The van der Waals surface area contributed by atoms with E-state index in [0.29, 0.717) is 21.4 Å². The molecular weight excluding hydrogens is 308 g/mol. The molecule has 0 amide bonds. The molecule has 1 aliphatic rings. The summed E-state index contributed by atoms with van der Waals surface area (Å²) in [5.41, 5.74) is 1.79. The summed E-state index contributed by atoms with van der Waals surface area (Å²) in [5.74, 6) is 0.715. The number of Topliss-reactive ketones (excluding diaryl/α,β-unsaturated/α-hetero) is 2. The van der Waals surface area contributed by atoms with Gasteiger partial charge in [0, 0.05) is 12.0 Å². The molecule has 0 bridgehead atoms. The molecule has 0 atom stereocenters. The van der Waals surface area contributed by atoms with E-state index in [-0.39, 0.29) is 18.2 Å². The average Bonchev–Trinajstić information content (AvgIpc) is 2.91. The number of ketones is 2. The van der Waals surface area contributed by atoms with Crippen LogP contribution in [-0.2, 0) is 6.42 Å². The molecule has 1 aromatic carbocycles. The van der Waals surface area contributed by atoms with Crippen molar-refractivity contribution < 1.29 is 14.3 Å². The van der Waals surface area contributed by atoms with Gasteiger partial charge in [-0.25, -0.2) is 0 Å². The average molecular weight is 321 g/mol. The van der Waals surface area contributed by atoms with Crippen molar-refractivity contribution in [2.75, 3.05) is 6.61 Å². The second-order valence-electron chi connectivity index (χ2n) is 4.91. The molecule has 0 spiro atoms. The second kappa shape index (κ2) is 6.00. The van der Waals surface area contributed by atoms with Gasteiger partial charge in [-0.05, 0) is 48.7 Å². The topological polar surface area (TPSA) is 43.4 Å². The number of ether oxygens (including phenoxy) is 1. The van der Waals surface area contributed by atoms with E-state index in [1.165, 1.54) is 11.3 Å². The largest absolute Gasteiger partial charge is 0.485 e. The molecule has 3 nitrogen and oxygen atoms in total. The van der Waals surface area contributed by atoms with Crippen LogP contribution in [0, 0.1) is 0 Å². The molecular formula is C16H13ClO3S. The van der Waals surface area contributed by atoms with E-state index in [4.69, 9.17) is 16.3 Å². The lowest BCUT2D eigenvalue weighted by atomic mass is 9.90. The summed E-state index contributed by atoms with van der Waals surface area (Å²) in [6.45, 7) is -0.0242. The van der Waals surface area contributed by atoms with E-state index in [9.17, 15) is 9.59 Å². The monoisotopic (exact) mass is 320 g/mol. The Balaban J connectivity index is 1.68. The molecule has 0 saturated carbocycles. The number of thiophene rings is 1.